The molecule has 7 nitrogen and oxygen atoms in total. The van der Waals surface area contributed by atoms with Crippen molar-refractivity contribution in [2.45, 2.75) is 33.2 Å². The van der Waals surface area contributed by atoms with Crippen LogP contribution in [0.4, 0.5) is 0 Å². The Labute approximate surface area is 145 Å². The van der Waals surface area contributed by atoms with Gasteiger partial charge in [-0.05, 0) is 38.5 Å². The fourth-order valence-corrected chi connectivity index (χ4v) is 2.31. The van der Waals surface area contributed by atoms with Gasteiger partial charge in [0.15, 0.2) is 5.69 Å². The molecule has 8 heteroatoms. The lowest BCUT2D eigenvalue weighted by Gasteiger charge is -2.13. The number of nitrogens with one attached hydrogen (secondary N) is 2. The minimum Gasteiger partial charge on any atom is -0.354 e. The predicted octanol–water partition coefficient (Wildman–Crippen LogP) is 1.87. The first-order valence-corrected chi connectivity index (χ1v) is 8.08. The van der Waals surface area contributed by atoms with Gasteiger partial charge < -0.3 is 10.6 Å². The molecule has 0 saturated carbocycles. The first-order chi connectivity index (χ1) is 11.4. The number of nitrogens with zero attached hydrogens (tertiary/aromatic N) is 3. The summed E-state index contributed by atoms with van der Waals surface area (Å²) in [5.74, 6) is -0.676. The van der Waals surface area contributed by atoms with Crippen LogP contribution in [-0.4, -0.2) is 39.4 Å². The molecule has 1 heterocycles. The third-order valence-corrected chi connectivity index (χ3v) is 3.69. The van der Waals surface area contributed by atoms with Crippen molar-refractivity contribution in [1.29, 1.82) is 0 Å². The molecule has 0 bridgehead atoms. The monoisotopic (exact) mass is 349 g/mol. The maximum atomic E-state index is 12.3. The number of carbonyl (C=O) groups is 2. The molecule has 2 amide bonds. The van der Waals surface area contributed by atoms with Gasteiger partial charge in [0.2, 0.25) is 5.91 Å². The first-order valence-electron chi connectivity index (χ1n) is 7.70. The molecule has 2 aromatic rings. The van der Waals surface area contributed by atoms with Crippen LogP contribution in [0.1, 0.15) is 36.5 Å². The SMILES string of the molecule is CCCNC(=O)C(C)NC(=O)c1nnn(-c2cccc(Cl)c2)c1C. The van der Waals surface area contributed by atoms with Crippen LogP contribution in [0.3, 0.4) is 0 Å². The van der Waals surface area contributed by atoms with Crippen LogP contribution >= 0.6 is 11.6 Å². The second kappa shape index (κ2) is 7.92. The van der Waals surface area contributed by atoms with Crippen molar-refractivity contribution in [1.82, 2.24) is 25.6 Å². The van der Waals surface area contributed by atoms with E-state index in [4.69, 9.17) is 11.6 Å². The zero-order chi connectivity index (χ0) is 17.7. The van der Waals surface area contributed by atoms with Gasteiger partial charge in [0.05, 0.1) is 11.4 Å². The molecule has 0 saturated heterocycles. The van der Waals surface area contributed by atoms with E-state index in [2.05, 4.69) is 20.9 Å². The van der Waals surface area contributed by atoms with E-state index in [0.29, 0.717) is 22.9 Å². The summed E-state index contributed by atoms with van der Waals surface area (Å²) in [6.07, 6.45) is 0.833. The van der Waals surface area contributed by atoms with Gasteiger partial charge in [0, 0.05) is 11.6 Å². The van der Waals surface area contributed by atoms with Crippen molar-refractivity contribution in [2.75, 3.05) is 6.54 Å². The van der Waals surface area contributed by atoms with Crippen LogP contribution < -0.4 is 10.6 Å². The van der Waals surface area contributed by atoms with E-state index in [1.54, 1.807) is 32.0 Å². The summed E-state index contributed by atoms with van der Waals surface area (Å²) in [5.41, 5.74) is 1.45. The van der Waals surface area contributed by atoms with Gasteiger partial charge in [-0.1, -0.05) is 29.8 Å². The van der Waals surface area contributed by atoms with Crippen molar-refractivity contribution >= 4 is 23.4 Å². The zero-order valence-corrected chi connectivity index (χ0v) is 14.6. The molecule has 1 aromatic heterocycles. The number of aromatic nitrogens is 3. The highest BCUT2D eigenvalue weighted by Crippen LogP contribution is 2.16. The van der Waals surface area contributed by atoms with E-state index in [1.165, 1.54) is 4.68 Å². The summed E-state index contributed by atoms with van der Waals surface area (Å²) in [6, 6.07) is 6.43. The highest BCUT2D eigenvalue weighted by Gasteiger charge is 2.21. The van der Waals surface area contributed by atoms with Gasteiger partial charge in [0.1, 0.15) is 6.04 Å². The van der Waals surface area contributed by atoms with Gasteiger partial charge in [-0.3, -0.25) is 9.59 Å². The molecule has 24 heavy (non-hydrogen) atoms. The Morgan fingerprint density at radius 1 is 1.38 bits per heavy atom. The van der Waals surface area contributed by atoms with Gasteiger partial charge in [0.25, 0.3) is 5.91 Å². The second-order valence-electron chi connectivity index (χ2n) is 5.40. The smallest absolute Gasteiger partial charge is 0.274 e. The van der Waals surface area contributed by atoms with Crippen LogP contribution in [-0.2, 0) is 4.79 Å². The normalized spacial score (nSPS) is 11.8. The van der Waals surface area contributed by atoms with Crippen molar-refractivity contribution in [3.63, 3.8) is 0 Å². The van der Waals surface area contributed by atoms with E-state index < -0.39 is 11.9 Å². The van der Waals surface area contributed by atoms with Crippen molar-refractivity contribution in [2.24, 2.45) is 0 Å². The average molecular weight is 350 g/mol. The average Bonchev–Trinajstić information content (AvgIpc) is 2.94. The minimum atomic E-state index is -0.653. The van der Waals surface area contributed by atoms with Crippen molar-refractivity contribution in [3.05, 3.63) is 40.7 Å². The van der Waals surface area contributed by atoms with Crippen LogP contribution in [0, 0.1) is 6.92 Å². The number of carbonyl (C=O) groups excluding carboxylic acids is 2. The number of benzene rings is 1. The van der Waals surface area contributed by atoms with Gasteiger partial charge in [-0.15, -0.1) is 5.10 Å². The molecule has 2 rings (SSSR count). The fourth-order valence-electron chi connectivity index (χ4n) is 2.12. The highest BCUT2D eigenvalue weighted by atomic mass is 35.5. The summed E-state index contributed by atoms with van der Waals surface area (Å²) >= 11 is 5.98. The van der Waals surface area contributed by atoms with Gasteiger partial charge >= 0.3 is 0 Å². The molecule has 128 valence electrons. The quantitative estimate of drug-likeness (QED) is 0.833. The molecule has 0 aliphatic heterocycles. The van der Waals surface area contributed by atoms with E-state index in [9.17, 15) is 9.59 Å². The summed E-state index contributed by atoms with van der Waals surface area (Å²) < 4.78 is 1.53. The maximum absolute atomic E-state index is 12.3. The van der Waals surface area contributed by atoms with Crippen LogP contribution in [0.15, 0.2) is 24.3 Å². The van der Waals surface area contributed by atoms with E-state index >= 15 is 0 Å². The molecule has 0 spiro atoms. The van der Waals surface area contributed by atoms with E-state index in [1.807, 2.05) is 13.0 Å². The van der Waals surface area contributed by atoms with Crippen molar-refractivity contribution < 1.29 is 9.59 Å². The molecular weight excluding hydrogens is 330 g/mol. The number of amides is 2. The third-order valence-electron chi connectivity index (χ3n) is 3.45. The van der Waals surface area contributed by atoms with Crippen LogP contribution in [0.2, 0.25) is 5.02 Å². The lowest BCUT2D eigenvalue weighted by Crippen LogP contribution is -2.45. The molecule has 1 atom stereocenters. The van der Waals surface area contributed by atoms with Gasteiger partial charge in [-0.2, -0.15) is 0 Å². The number of halogens is 1. The first kappa shape index (κ1) is 17.9. The molecule has 0 aliphatic rings. The molecule has 0 aliphatic carbocycles. The molecule has 0 fully saturated rings. The second-order valence-corrected chi connectivity index (χ2v) is 5.84. The Bertz CT molecular complexity index is 744. The minimum absolute atomic E-state index is 0.171. The highest BCUT2D eigenvalue weighted by molar-refractivity contribution is 6.30. The Hall–Kier alpha value is -2.41. The Kier molecular flexibility index (Phi) is 5.92. The zero-order valence-electron chi connectivity index (χ0n) is 13.8. The Morgan fingerprint density at radius 3 is 2.79 bits per heavy atom. The van der Waals surface area contributed by atoms with Crippen LogP contribution in [0.5, 0.6) is 0 Å². The summed E-state index contributed by atoms with van der Waals surface area (Å²) in [6.45, 7) is 5.89. The lowest BCUT2D eigenvalue weighted by molar-refractivity contribution is -0.122. The fraction of sp³-hybridized carbons (Fsp3) is 0.375. The molecule has 1 unspecified atom stereocenters. The number of hydrogen-bond donors (Lipinski definition) is 2. The van der Waals surface area contributed by atoms with E-state index in [-0.39, 0.29) is 11.6 Å². The topological polar surface area (TPSA) is 88.9 Å². The standard InChI is InChI=1S/C16H20ClN5O2/c1-4-8-18-15(23)10(2)19-16(24)14-11(3)22(21-20-14)13-7-5-6-12(17)9-13/h5-7,9-10H,4,8H2,1-3H3,(H,18,23)(H,19,24). The van der Waals surface area contributed by atoms with Crippen LogP contribution in [0.25, 0.3) is 5.69 Å². The molecule has 0 radical (unpaired) electrons. The predicted molar refractivity (Wildman–Crippen MR) is 91.3 cm³/mol. The number of rotatable bonds is 6. The summed E-state index contributed by atoms with van der Waals surface area (Å²) in [7, 11) is 0. The Morgan fingerprint density at radius 2 is 2.12 bits per heavy atom. The maximum Gasteiger partial charge on any atom is 0.274 e. The summed E-state index contributed by atoms with van der Waals surface area (Å²) in [4.78, 5) is 24.2. The number of hydrogen-bond acceptors (Lipinski definition) is 4. The van der Waals surface area contributed by atoms with Crippen molar-refractivity contribution in [3.8, 4) is 5.69 Å². The Balaban J connectivity index is 2.13. The molecule has 1 aromatic carbocycles. The van der Waals surface area contributed by atoms with E-state index in [0.717, 1.165) is 6.42 Å². The summed E-state index contributed by atoms with van der Waals surface area (Å²) in [5, 5.41) is 13.8. The molecule has 2 N–H and O–H groups in total. The largest absolute Gasteiger partial charge is 0.354 e. The third kappa shape index (κ3) is 4.11. The van der Waals surface area contributed by atoms with Gasteiger partial charge in [-0.25, -0.2) is 4.68 Å². The molecular formula is C16H20ClN5O2. The lowest BCUT2D eigenvalue weighted by atomic mass is 10.2.